The number of phenols is 2. The molecule has 2 bridgehead atoms. The molecule has 1 aromatic rings. The molecule has 3 atom stereocenters. The maximum absolute atomic E-state index is 9.50. The third kappa shape index (κ3) is 1.10. The number of hydrogen-bond donors (Lipinski definition) is 3. The van der Waals surface area contributed by atoms with E-state index >= 15 is 0 Å². The van der Waals surface area contributed by atoms with Crippen LogP contribution in [-0.2, 0) is 0 Å². The topological polar surface area (TPSA) is 52.5 Å². The van der Waals surface area contributed by atoms with Gasteiger partial charge in [-0.3, -0.25) is 0 Å². The summed E-state index contributed by atoms with van der Waals surface area (Å²) >= 11 is 0. The number of fused-ring (bicyclic) bond motifs is 5. The Balaban J connectivity index is 2.10. The summed E-state index contributed by atoms with van der Waals surface area (Å²) in [6.45, 7) is 0. The predicted octanol–water partition coefficient (Wildman–Crippen LogP) is 1.66. The molecule has 1 aromatic carbocycles. The molecule has 3 heteroatoms. The van der Waals surface area contributed by atoms with Crippen LogP contribution in [0.25, 0.3) is 0 Å². The number of likely N-dealkylation sites (N-methyl/N-ethyl adjacent to an activating group) is 1. The fraction of sp³-hybridized carbons (Fsp3) is 0.500. The van der Waals surface area contributed by atoms with E-state index in [1.54, 1.807) is 12.1 Å². The molecule has 3 N–H and O–H groups in total. The molecule has 0 aliphatic heterocycles. The lowest BCUT2D eigenvalue weighted by molar-refractivity contribution is 0.400. The van der Waals surface area contributed by atoms with Gasteiger partial charge in [-0.15, -0.1) is 0 Å². The van der Waals surface area contributed by atoms with E-state index in [0.717, 1.165) is 12.8 Å². The van der Waals surface area contributed by atoms with Crippen molar-refractivity contribution < 1.29 is 10.2 Å². The fourth-order valence-electron chi connectivity index (χ4n) is 3.24. The molecule has 0 aromatic heterocycles. The van der Waals surface area contributed by atoms with Crippen LogP contribution in [0.4, 0.5) is 0 Å². The highest BCUT2D eigenvalue weighted by atomic mass is 16.3. The molecule has 2 aliphatic carbocycles. The van der Waals surface area contributed by atoms with Crippen molar-refractivity contribution in [2.24, 2.45) is 0 Å². The van der Waals surface area contributed by atoms with Crippen molar-refractivity contribution in [1.29, 1.82) is 0 Å². The number of benzene rings is 1. The van der Waals surface area contributed by atoms with Crippen LogP contribution in [0, 0.1) is 0 Å². The zero-order valence-electron chi connectivity index (χ0n) is 8.70. The van der Waals surface area contributed by atoms with Crippen molar-refractivity contribution in [3.05, 3.63) is 23.3 Å². The first-order valence-corrected chi connectivity index (χ1v) is 5.43. The molecule has 15 heavy (non-hydrogen) atoms. The molecule has 3 unspecified atom stereocenters. The molecule has 1 fully saturated rings. The van der Waals surface area contributed by atoms with Crippen LogP contribution in [0.3, 0.4) is 0 Å². The van der Waals surface area contributed by atoms with Crippen LogP contribution in [0.5, 0.6) is 11.5 Å². The molecule has 0 saturated heterocycles. The van der Waals surface area contributed by atoms with Crippen molar-refractivity contribution in [1.82, 2.24) is 5.32 Å². The van der Waals surface area contributed by atoms with E-state index in [1.807, 2.05) is 7.05 Å². The summed E-state index contributed by atoms with van der Waals surface area (Å²) in [5, 5.41) is 22.3. The van der Waals surface area contributed by atoms with Gasteiger partial charge in [0.05, 0.1) is 0 Å². The quantitative estimate of drug-likeness (QED) is 0.611. The number of phenolic OH excluding ortho intramolecular Hbond substituents is 2. The Morgan fingerprint density at radius 1 is 1.13 bits per heavy atom. The number of hydrogen-bond acceptors (Lipinski definition) is 3. The van der Waals surface area contributed by atoms with Gasteiger partial charge in [0, 0.05) is 12.0 Å². The Kier molecular flexibility index (Phi) is 1.74. The van der Waals surface area contributed by atoms with E-state index in [9.17, 15) is 10.2 Å². The highest BCUT2D eigenvalue weighted by molar-refractivity contribution is 5.52. The minimum absolute atomic E-state index is 0.0103. The van der Waals surface area contributed by atoms with Crippen molar-refractivity contribution in [2.45, 2.75) is 30.7 Å². The van der Waals surface area contributed by atoms with Crippen molar-refractivity contribution in [3.8, 4) is 11.5 Å². The lowest BCUT2D eigenvalue weighted by Crippen LogP contribution is -2.29. The Hall–Kier alpha value is -1.22. The second kappa shape index (κ2) is 2.89. The van der Waals surface area contributed by atoms with Gasteiger partial charge in [0.2, 0.25) is 0 Å². The van der Waals surface area contributed by atoms with Gasteiger partial charge in [0.25, 0.3) is 0 Å². The number of rotatable bonds is 1. The first kappa shape index (κ1) is 9.04. The van der Waals surface area contributed by atoms with Crippen LogP contribution >= 0.6 is 0 Å². The molecular formula is C12H15NO2. The van der Waals surface area contributed by atoms with Gasteiger partial charge < -0.3 is 15.5 Å². The summed E-state index contributed by atoms with van der Waals surface area (Å²) < 4.78 is 0. The number of nitrogens with one attached hydrogen (secondary N) is 1. The zero-order chi connectivity index (χ0) is 10.6. The van der Waals surface area contributed by atoms with Crippen LogP contribution < -0.4 is 5.32 Å². The smallest absolute Gasteiger partial charge is 0.157 e. The molecule has 0 radical (unpaired) electrons. The third-order valence-corrected chi connectivity index (χ3v) is 3.95. The van der Waals surface area contributed by atoms with E-state index in [0.29, 0.717) is 17.9 Å². The van der Waals surface area contributed by atoms with Crippen LogP contribution in [0.1, 0.15) is 35.8 Å². The first-order valence-electron chi connectivity index (χ1n) is 5.43. The van der Waals surface area contributed by atoms with Crippen molar-refractivity contribution >= 4 is 0 Å². The summed E-state index contributed by atoms with van der Waals surface area (Å²) in [5.74, 6) is 1.11. The van der Waals surface area contributed by atoms with E-state index in [4.69, 9.17) is 0 Å². The maximum Gasteiger partial charge on any atom is 0.157 e. The average molecular weight is 205 g/mol. The first-order chi connectivity index (χ1) is 7.20. The molecule has 0 spiro atoms. The molecule has 1 saturated carbocycles. The zero-order valence-corrected chi connectivity index (χ0v) is 8.70. The maximum atomic E-state index is 9.50. The normalized spacial score (nSPS) is 31.9. The van der Waals surface area contributed by atoms with E-state index in [1.165, 1.54) is 11.1 Å². The summed E-state index contributed by atoms with van der Waals surface area (Å²) in [6.07, 6.45) is 2.31. The lowest BCUT2D eigenvalue weighted by Gasteiger charge is -2.24. The Bertz CT molecular complexity index is 416. The SMILES string of the molecule is CNC1CC2CC1c1cc(O)c(O)cc12. The highest BCUT2D eigenvalue weighted by Crippen LogP contribution is 2.54. The van der Waals surface area contributed by atoms with Gasteiger partial charge >= 0.3 is 0 Å². The molecular weight excluding hydrogens is 190 g/mol. The second-order valence-corrected chi connectivity index (χ2v) is 4.64. The molecule has 80 valence electrons. The fourth-order valence-corrected chi connectivity index (χ4v) is 3.24. The summed E-state index contributed by atoms with van der Waals surface area (Å²) in [6, 6.07) is 4.01. The van der Waals surface area contributed by atoms with E-state index < -0.39 is 0 Å². The van der Waals surface area contributed by atoms with Gasteiger partial charge in [0.1, 0.15) is 0 Å². The largest absolute Gasteiger partial charge is 0.504 e. The predicted molar refractivity (Wildman–Crippen MR) is 57.3 cm³/mol. The van der Waals surface area contributed by atoms with E-state index in [2.05, 4.69) is 5.32 Å². The highest BCUT2D eigenvalue weighted by Gasteiger charge is 2.43. The Morgan fingerprint density at radius 3 is 2.47 bits per heavy atom. The van der Waals surface area contributed by atoms with Crippen LogP contribution in [0.15, 0.2) is 12.1 Å². The van der Waals surface area contributed by atoms with Gasteiger partial charge in [-0.25, -0.2) is 0 Å². The minimum Gasteiger partial charge on any atom is -0.504 e. The van der Waals surface area contributed by atoms with Crippen LogP contribution in [-0.4, -0.2) is 23.3 Å². The van der Waals surface area contributed by atoms with E-state index in [-0.39, 0.29) is 11.5 Å². The molecule has 0 amide bonds. The summed E-state index contributed by atoms with van der Waals surface area (Å²) in [7, 11) is 1.99. The standard InChI is InChI=1S/C12H15NO2/c1-13-10-3-6-2-9(10)8-5-12(15)11(14)4-7(6)8/h4-6,9-10,13-15H,2-3H2,1H3. The molecule has 0 heterocycles. The van der Waals surface area contributed by atoms with Gasteiger partial charge in [-0.05, 0) is 49.1 Å². The van der Waals surface area contributed by atoms with Gasteiger partial charge in [-0.1, -0.05) is 0 Å². The Labute approximate surface area is 88.7 Å². The third-order valence-electron chi connectivity index (χ3n) is 3.95. The lowest BCUT2D eigenvalue weighted by atomic mass is 9.88. The second-order valence-electron chi connectivity index (χ2n) is 4.64. The summed E-state index contributed by atoms with van der Waals surface area (Å²) in [4.78, 5) is 0. The average Bonchev–Trinajstić information content (AvgIpc) is 2.77. The van der Waals surface area contributed by atoms with Gasteiger partial charge in [0.15, 0.2) is 11.5 Å². The van der Waals surface area contributed by atoms with Gasteiger partial charge in [-0.2, -0.15) is 0 Å². The van der Waals surface area contributed by atoms with Crippen molar-refractivity contribution in [2.75, 3.05) is 7.05 Å². The molecule has 3 nitrogen and oxygen atoms in total. The monoisotopic (exact) mass is 205 g/mol. The number of aromatic hydroxyl groups is 2. The minimum atomic E-state index is 0.0103. The van der Waals surface area contributed by atoms with Crippen molar-refractivity contribution in [3.63, 3.8) is 0 Å². The molecule has 3 rings (SSSR count). The summed E-state index contributed by atoms with van der Waals surface area (Å²) in [5.41, 5.74) is 2.46. The Morgan fingerprint density at radius 2 is 1.80 bits per heavy atom. The molecule has 2 aliphatic rings. The van der Waals surface area contributed by atoms with Crippen LogP contribution in [0.2, 0.25) is 0 Å².